The number of fused-ring (bicyclic) bond motifs is 3. The number of carbonyl (C=O) groups excluding carboxylic acids is 3. The number of benzene rings is 2. The molecule has 2 aromatic rings. The second-order valence-electron chi connectivity index (χ2n) is 9.47. The van der Waals surface area contributed by atoms with Gasteiger partial charge in [0.05, 0.1) is 0 Å². The molecular weight excluding hydrogens is 466 g/mol. The Morgan fingerprint density at radius 1 is 0.917 bits per heavy atom. The Hall–Kier alpha value is -4.08. The van der Waals surface area contributed by atoms with Gasteiger partial charge in [-0.15, -0.1) is 0 Å². The van der Waals surface area contributed by atoms with Crippen LogP contribution in [0.5, 0.6) is 0 Å². The molecule has 0 unspecified atom stereocenters. The van der Waals surface area contributed by atoms with Crippen molar-refractivity contribution < 1.29 is 33.8 Å². The second kappa shape index (κ2) is 11.1. The minimum absolute atomic E-state index is 0.0232. The molecule has 2 atom stereocenters. The number of amides is 3. The topological polar surface area (TPSA) is 143 Å². The third kappa shape index (κ3) is 6.74. The molecular formula is C26H31N3O7. The summed E-state index contributed by atoms with van der Waals surface area (Å²) in [5.41, 5.74) is 3.46. The zero-order valence-corrected chi connectivity index (χ0v) is 20.7. The van der Waals surface area contributed by atoms with Crippen LogP contribution in [0.15, 0.2) is 48.5 Å². The van der Waals surface area contributed by atoms with Gasteiger partial charge in [-0.3, -0.25) is 4.79 Å². The van der Waals surface area contributed by atoms with Crippen LogP contribution in [0, 0.1) is 0 Å². The summed E-state index contributed by atoms with van der Waals surface area (Å²) in [6, 6.07) is 13.3. The molecule has 0 saturated heterocycles. The van der Waals surface area contributed by atoms with Crippen molar-refractivity contribution in [3.63, 3.8) is 0 Å². The molecule has 0 radical (unpaired) electrons. The number of hydrogen-bond acceptors (Lipinski definition) is 6. The fraction of sp³-hybridized carbons (Fsp3) is 0.385. The van der Waals surface area contributed by atoms with Gasteiger partial charge in [0.15, 0.2) is 0 Å². The van der Waals surface area contributed by atoms with E-state index in [1.54, 1.807) is 20.8 Å². The van der Waals surface area contributed by atoms with Gasteiger partial charge in [0.2, 0.25) is 5.91 Å². The number of carbonyl (C=O) groups is 4. The smallest absolute Gasteiger partial charge is 0.408 e. The van der Waals surface area contributed by atoms with Crippen molar-refractivity contribution in [2.24, 2.45) is 0 Å². The number of hydrogen-bond donors (Lipinski definition) is 4. The molecule has 0 fully saturated rings. The number of ether oxygens (including phenoxy) is 2. The van der Waals surface area contributed by atoms with Gasteiger partial charge in [-0.1, -0.05) is 48.5 Å². The van der Waals surface area contributed by atoms with E-state index in [0.29, 0.717) is 0 Å². The normalized spacial score (nSPS) is 14.0. The maximum Gasteiger partial charge on any atom is 0.408 e. The second-order valence-corrected chi connectivity index (χ2v) is 9.47. The van der Waals surface area contributed by atoms with Gasteiger partial charge in [-0.2, -0.15) is 0 Å². The van der Waals surface area contributed by atoms with E-state index < -0.39 is 48.3 Å². The van der Waals surface area contributed by atoms with E-state index in [1.165, 1.54) is 6.92 Å². The maximum atomic E-state index is 12.4. The van der Waals surface area contributed by atoms with Crippen molar-refractivity contribution in [2.45, 2.75) is 51.3 Å². The first kappa shape index (κ1) is 26.5. The number of aliphatic carboxylic acids is 1. The van der Waals surface area contributed by atoms with E-state index in [9.17, 15) is 24.3 Å². The number of carboxylic acid groups (broad SMARTS) is 1. The molecule has 3 rings (SSSR count). The summed E-state index contributed by atoms with van der Waals surface area (Å²) in [4.78, 5) is 48.1. The van der Waals surface area contributed by atoms with Crippen LogP contribution in [-0.4, -0.2) is 60.0 Å². The van der Waals surface area contributed by atoms with Gasteiger partial charge >= 0.3 is 18.2 Å². The lowest BCUT2D eigenvalue weighted by Gasteiger charge is -2.22. The fourth-order valence-electron chi connectivity index (χ4n) is 3.89. The van der Waals surface area contributed by atoms with Crippen LogP contribution in [0.25, 0.3) is 11.1 Å². The lowest BCUT2D eigenvalue weighted by atomic mass is 9.98. The van der Waals surface area contributed by atoms with Gasteiger partial charge in [-0.05, 0) is 49.9 Å². The van der Waals surface area contributed by atoms with Crippen LogP contribution in [0.3, 0.4) is 0 Å². The van der Waals surface area contributed by atoms with E-state index in [4.69, 9.17) is 9.47 Å². The van der Waals surface area contributed by atoms with Crippen molar-refractivity contribution in [1.29, 1.82) is 0 Å². The quantitative estimate of drug-likeness (QED) is 0.439. The van der Waals surface area contributed by atoms with Crippen molar-refractivity contribution in [2.75, 3.05) is 13.2 Å². The van der Waals surface area contributed by atoms with Crippen LogP contribution in [0.1, 0.15) is 44.7 Å². The molecule has 192 valence electrons. The molecule has 0 saturated carbocycles. The molecule has 1 aliphatic rings. The van der Waals surface area contributed by atoms with Gasteiger partial charge in [0.1, 0.15) is 24.3 Å². The Morgan fingerprint density at radius 3 is 2.00 bits per heavy atom. The highest BCUT2D eigenvalue weighted by atomic mass is 16.6. The molecule has 3 amide bonds. The molecule has 0 bridgehead atoms. The first-order valence-corrected chi connectivity index (χ1v) is 11.6. The molecule has 0 heterocycles. The molecule has 0 spiro atoms. The van der Waals surface area contributed by atoms with Crippen molar-refractivity contribution in [3.8, 4) is 11.1 Å². The predicted molar refractivity (Wildman–Crippen MR) is 131 cm³/mol. The van der Waals surface area contributed by atoms with E-state index in [-0.39, 0.29) is 12.5 Å². The molecule has 4 N–H and O–H groups in total. The Balaban J connectivity index is 1.52. The summed E-state index contributed by atoms with van der Waals surface area (Å²) < 4.78 is 10.5. The van der Waals surface area contributed by atoms with Crippen molar-refractivity contribution >= 4 is 24.1 Å². The minimum atomic E-state index is -1.43. The Labute approximate surface area is 209 Å². The average molecular weight is 498 g/mol. The average Bonchev–Trinajstić information content (AvgIpc) is 3.12. The lowest BCUT2D eigenvalue weighted by molar-refractivity contribution is -0.139. The summed E-state index contributed by atoms with van der Waals surface area (Å²) in [6.45, 7) is 6.10. The summed E-state index contributed by atoms with van der Waals surface area (Å²) in [5, 5.41) is 16.5. The van der Waals surface area contributed by atoms with Gasteiger partial charge < -0.3 is 30.5 Å². The largest absolute Gasteiger partial charge is 0.480 e. The predicted octanol–water partition coefficient (Wildman–Crippen LogP) is 3.01. The number of carboxylic acids is 1. The first-order chi connectivity index (χ1) is 17.0. The zero-order valence-electron chi connectivity index (χ0n) is 20.7. The van der Waals surface area contributed by atoms with Crippen molar-refractivity contribution in [1.82, 2.24) is 16.0 Å². The summed E-state index contributed by atoms with van der Waals surface area (Å²) >= 11 is 0. The zero-order chi connectivity index (χ0) is 26.5. The highest BCUT2D eigenvalue weighted by Gasteiger charge is 2.30. The van der Waals surface area contributed by atoms with E-state index in [2.05, 4.69) is 16.0 Å². The lowest BCUT2D eigenvalue weighted by Crippen LogP contribution is -2.52. The molecule has 10 heteroatoms. The Morgan fingerprint density at radius 2 is 1.47 bits per heavy atom. The summed E-state index contributed by atoms with van der Waals surface area (Å²) in [7, 11) is 0. The molecule has 36 heavy (non-hydrogen) atoms. The summed E-state index contributed by atoms with van der Waals surface area (Å²) in [6.07, 6.45) is -1.70. The SMILES string of the molecule is C[C@@H](NC(=O)OC(C)(C)C)C(=O)NC[C@H](NC(=O)OCC1c2ccccc2-c2ccccc21)C(=O)O. The van der Waals surface area contributed by atoms with E-state index in [1.807, 2.05) is 48.5 Å². The van der Waals surface area contributed by atoms with Crippen LogP contribution in [-0.2, 0) is 19.1 Å². The molecule has 1 aliphatic carbocycles. The van der Waals surface area contributed by atoms with Gasteiger partial charge in [0, 0.05) is 12.5 Å². The third-order valence-electron chi connectivity index (χ3n) is 5.54. The molecule has 0 aromatic heterocycles. The highest BCUT2D eigenvalue weighted by molar-refractivity contribution is 5.86. The number of alkyl carbamates (subject to hydrolysis) is 2. The molecule has 0 aliphatic heterocycles. The summed E-state index contributed by atoms with van der Waals surface area (Å²) in [5.74, 6) is -2.16. The monoisotopic (exact) mass is 497 g/mol. The highest BCUT2D eigenvalue weighted by Crippen LogP contribution is 2.44. The van der Waals surface area contributed by atoms with Gasteiger partial charge in [-0.25, -0.2) is 14.4 Å². The van der Waals surface area contributed by atoms with Crippen LogP contribution in [0.4, 0.5) is 9.59 Å². The third-order valence-corrected chi connectivity index (χ3v) is 5.54. The van der Waals surface area contributed by atoms with Crippen LogP contribution < -0.4 is 16.0 Å². The fourth-order valence-corrected chi connectivity index (χ4v) is 3.89. The van der Waals surface area contributed by atoms with Crippen LogP contribution in [0.2, 0.25) is 0 Å². The number of rotatable bonds is 8. The van der Waals surface area contributed by atoms with Crippen molar-refractivity contribution in [3.05, 3.63) is 59.7 Å². The Kier molecular flexibility index (Phi) is 8.18. The number of nitrogens with one attached hydrogen (secondary N) is 3. The Bertz CT molecular complexity index is 1100. The van der Waals surface area contributed by atoms with Gasteiger partial charge in [0.25, 0.3) is 0 Å². The van der Waals surface area contributed by atoms with Crippen LogP contribution >= 0.6 is 0 Å². The maximum absolute atomic E-state index is 12.4. The standard InChI is InChI=1S/C26H31N3O7/c1-15(28-25(34)36-26(2,3)4)22(30)27-13-21(23(31)32)29-24(33)35-14-20-18-11-7-5-9-16(18)17-10-6-8-12-19(17)20/h5-12,15,20-21H,13-14H2,1-4H3,(H,27,30)(H,28,34)(H,29,33)(H,31,32)/t15-,21+/m1/s1. The van der Waals surface area contributed by atoms with E-state index in [0.717, 1.165) is 22.3 Å². The molecule has 10 nitrogen and oxygen atoms in total. The minimum Gasteiger partial charge on any atom is -0.480 e. The molecule has 2 aromatic carbocycles. The first-order valence-electron chi connectivity index (χ1n) is 11.6. The van der Waals surface area contributed by atoms with E-state index >= 15 is 0 Å².